The second-order valence-corrected chi connectivity index (χ2v) is 4.60. The Morgan fingerprint density at radius 1 is 1.32 bits per heavy atom. The molecule has 1 N–H and O–H groups in total. The molecule has 5 nitrogen and oxygen atoms in total. The number of ether oxygens (including phenoxy) is 1. The molecule has 2 rings (SSSR count). The molecule has 19 heavy (non-hydrogen) atoms. The van der Waals surface area contributed by atoms with Gasteiger partial charge in [-0.3, -0.25) is 0 Å². The first-order valence-electron chi connectivity index (χ1n) is 5.75. The van der Waals surface area contributed by atoms with Crippen molar-refractivity contribution in [3.8, 4) is 6.01 Å². The Hall–Kier alpha value is -1.31. The van der Waals surface area contributed by atoms with E-state index in [0.717, 1.165) is 6.42 Å². The Morgan fingerprint density at radius 3 is 2.53 bits per heavy atom. The minimum Gasteiger partial charge on any atom is -0.463 e. The van der Waals surface area contributed by atoms with Crippen LogP contribution < -0.4 is 10.1 Å². The topological polar surface area (TPSA) is 59.9 Å². The van der Waals surface area contributed by atoms with Crippen molar-refractivity contribution >= 4 is 17.5 Å². The van der Waals surface area contributed by atoms with Gasteiger partial charge in [-0.1, -0.05) is 6.92 Å². The van der Waals surface area contributed by atoms with Crippen LogP contribution in [0.3, 0.4) is 0 Å². The van der Waals surface area contributed by atoms with Crippen molar-refractivity contribution in [3.05, 3.63) is 5.28 Å². The third kappa shape index (κ3) is 3.17. The first-order valence-corrected chi connectivity index (χ1v) is 6.13. The molecule has 9 heteroatoms. The third-order valence-corrected chi connectivity index (χ3v) is 2.84. The zero-order chi connectivity index (χ0) is 14.1. The molecule has 0 radical (unpaired) electrons. The van der Waals surface area contributed by atoms with Gasteiger partial charge in [0.2, 0.25) is 11.2 Å². The van der Waals surface area contributed by atoms with Crippen molar-refractivity contribution in [2.45, 2.75) is 37.9 Å². The lowest BCUT2D eigenvalue weighted by atomic mass is 10.3. The van der Waals surface area contributed by atoms with Crippen LogP contribution in [0.25, 0.3) is 0 Å². The molecule has 1 aliphatic rings. The highest BCUT2D eigenvalue weighted by atomic mass is 35.5. The SMILES string of the molecule is CCCOc1nc(Cl)nc(NC2(C(F)(F)F)CC2)n1. The summed E-state index contributed by atoms with van der Waals surface area (Å²) in [4.78, 5) is 11.1. The molecule has 1 heterocycles. The van der Waals surface area contributed by atoms with E-state index in [2.05, 4.69) is 20.3 Å². The van der Waals surface area contributed by atoms with Gasteiger partial charge in [0.1, 0.15) is 5.54 Å². The number of hydrogen-bond acceptors (Lipinski definition) is 5. The summed E-state index contributed by atoms with van der Waals surface area (Å²) in [5, 5.41) is 2.07. The van der Waals surface area contributed by atoms with Crippen molar-refractivity contribution in [1.82, 2.24) is 15.0 Å². The molecule has 0 amide bonds. The van der Waals surface area contributed by atoms with Crippen LogP contribution in [0.1, 0.15) is 26.2 Å². The molecule has 0 saturated heterocycles. The van der Waals surface area contributed by atoms with E-state index in [9.17, 15) is 13.2 Å². The molecule has 0 aliphatic heterocycles. The number of aromatic nitrogens is 3. The Labute approximate surface area is 112 Å². The average Bonchev–Trinajstić information content (AvgIpc) is 3.06. The van der Waals surface area contributed by atoms with Gasteiger partial charge in [-0.25, -0.2) is 0 Å². The maximum atomic E-state index is 12.8. The number of halogens is 4. The molecular weight excluding hydrogens is 285 g/mol. The molecule has 1 aliphatic carbocycles. The molecule has 0 spiro atoms. The van der Waals surface area contributed by atoms with Crippen LogP contribution in [-0.2, 0) is 0 Å². The van der Waals surface area contributed by atoms with E-state index in [-0.39, 0.29) is 30.1 Å². The Bertz CT molecular complexity index is 465. The van der Waals surface area contributed by atoms with Gasteiger partial charge >= 0.3 is 12.2 Å². The van der Waals surface area contributed by atoms with Gasteiger partial charge in [0.25, 0.3) is 0 Å². The van der Waals surface area contributed by atoms with E-state index in [4.69, 9.17) is 16.3 Å². The predicted molar refractivity (Wildman–Crippen MR) is 62.3 cm³/mol. The summed E-state index contributed by atoms with van der Waals surface area (Å²) in [7, 11) is 0. The molecule has 0 bridgehead atoms. The molecule has 106 valence electrons. The Balaban J connectivity index is 2.14. The number of rotatable bonds is 5. The minimum absolute atomic E-state index is 0.00898. The minimum atomic E-state index is -4.35. The molecule has 1 aromatic heterocycles. The molecule has 1 aromatic rings. The van der Waals surface area contributed by atoms with Crippen LogP contribution in [0.15, 0.2) is 0 Å². The van der Waals surface area contributed by atoms with Gasteiger partial charge < -0.3 is 10.1 Å². The van der Waals surface area contributed by atoms with Crippen molar-refractivity contribution in [2.24, 2.45) is 0 Å². The van der Waals surface area contributed by atoms with E-state index in [0.29, 0.717) is 6.61 Å². The highest BCUT2D eigenvalue weighted by Gasteiger charge is 2.64. The molecule has 1 fully saturated rings. The van der Waals surface area contributed by atoms with E-state index < -0.39 is 11.7 Å². The van der Waals surface area contributed by atoms with Gasteiger partial charge in [0.15, 0.2) is 0 Å². The van der Waals surface area contributed by atoms with Crippen molar-refractivity contribution in [1.29, 1.82) is 0 Å². The van der Waals surface area contributed by atoms with Crippen molar-refractivity contribution < 1.29 is 17.9 Å². The molecule has 0 atom stereocenters. The molecule has 0 unspecified atom stereocenters. The lowest BCUT2D eigenvalue weighted by molar-refractivity contribution is -0.151. The van der Waals surface area contributed by atoms with Gasteiger partial charge in [-0.05, 0) is 30.9 Å². The van der Waals surface area contributed by atoms with Crippen molar-refractivity contribution in [3.63, 3.8) is 0 Å². The lowest BCUT2D eigenvalue weighted by Crippen LogP contribution is -2.39. The smallest absolute Gasteiger partial charge is 0.411 e. The van der Waals surface area contributed by atoms with Crippen molar-refractivity contribution in [2.75, 3.05) is 11.9 Å². The van der Waals surface area contributed by atoms with Gasteiger partial charge in [0, 0.05) is 0 Å². The van der Waals surface area contributed by atoms with Crippen LogP contribution in [0.2, 0.25) is 5.28 Å². The fraction of sp³-hybridized carbons (Fsp3) is 0.700. The highest BCUT2D eigenvalue weighted by molar-refractivity contribution is 6.28. The van der Waals surface area contributed by atoms with E-state index in [1.54, 1.807) is 0 Å². The van der Waals surface area contributed by atoms with E-state index in [1.165, 1.54) is 0 Å². The third-order valence-electron chi connectivity index (χ3n) is 2.67. The number of hydrogen-bond donors (Lipinski definition) is 1. The van der Waals surface area contributed by atoms with Crippen LogP contribution in [0, 0.1) is 0 Å². The number of anilines is 1. The summed E-state index contributed by atoms with van der Waals surface area (Å²) < 4.78 is 43.5. The predicted octanol–water partition coefficient (Wildman–Crippen LogP) is 2.82. The summed E-state index contributed by atoms with van der Waals surface area (Å²) >= 11 is 5.63. The molecule has 1 saturated carbocycles. The quantitative estimate of drug-likeness (QED) is 0.905. The van der Waals surface area contributed by atoms with Gasteiger partial charge in [-0.2, -0.15) is 28.1 Å². The number of nitrogens with one attached hydrogen (secondary N) is 1. The lowest BCUT2D eigenvalue weighted by Gasteiger charge is -2.20. The summed E-state index contributed by atoms with van der Waals surface area (Å²) in [5.41, 5.74) is -1.94. The zero-order valence-corrected chi connectivity index (χ0v) is 10.8. The summed E-state index contributed by atoms with van der Waals surface area (Å²) in [6.45, 7) is 2.23. The second-order valence-electron chi connectivity index (χ2n) is 4.26. The van der Waals surface area contributed by atoms with Crippen LogP contribution in [-0.4, -0.2) is 33.3 Å². The normalized spacial score (nSPS) is 17.1. The molecular formula is C10H12ClF3N4O. The fourth-order valence-electron chi connectivity index (χ4n) is 1.46. The number of nitrogens with zero attached hydrogens (tertiary/aromatic N) is 3. The monoisotopic (exact) mass is 296 g/mol. The Morgan fingerprint density at radius 2 is 2.00 bits per heavy atom. The number of alkyl halides is 3. The zero-order valence-electron chi connectivity index (χ0n) is 10.1. The fourth-order valence-corrected chi connectivity index (χ4v) is 1.62. The largest absolute Gasteiger partial charge is 0.463 e. The first-order chi connectivity index (χ1) is 8.86. The summed E-state index contributed by atoms with van der Waals surface area (Å²) in [6.07, 6.45) is -3.65. The maximum absolute atomic E-state index is 12.8. The van der Waals surface area contributed by atoms with Gasteiger partial charge in [0.05, 0.1) is 6.61 Å². The second kappa shape index (κ2) is 4.99. The average molecular weight is 297 g/mol. The van der Waals surface area contributed by atoms with E-state index >= 15 is 0 Å². The highest BCUT2D eigenvalue weighted by Crippen LogP contribution is 2.50. The van der Waals surface area contributed by atoms with Crippen LogP contribution in [0.4, 0.5) is 19.1 Å². The van der Waals surface area contributed by atoms with Gasteiger partial charge in [-0.15, -0.1) is 0 Å². The first kappa shape index (κ1) is 14.1. The van der Waals surface area contributed by atoms with Crippen LogP contribution >= 0.6 is 11.6 Å². The summed E-state index contributed by atoms with van der Waals surface area (Å²) in [6, 6.07) is -0.0812. The summed E-state index contributed by atoms with van der Waals surface area (Å²) in [5.74, 6) is -0.221. The van der Waals surface area contributed by atoms with Crippen LogP contribution in [0.5, 0.6) is 6.01 Å². The molecule has 0 aromatic carbocycles. The standard InChI is InChI=1S/C10H12ClF3N4O/c1-2-5-19-8-16-6(11)15-7(17-8)18-9(3-4-9)10(12,13)14/h2-5H2,1H3,(H,15,16,17,18). The maximum Gasteiger partial charge on any atom is 0.411 e. The van der Waals surface area contributed by atoms with E-state index in [1.807, 2.05) is 6.92 Å². The Kier molecular flexibility index (Phi) is 3.71.